The minimum Gasteiger partial charge on any atom is -0.484 e. The third kappa shape index (κ3) is 4.45. The van der Waals surface area contributed by atoms with E-state index >= 15 is 0 Å². The van der Waals surface area contributed by atoms with Gasteiger partial charge in [-0.25, -0.2) is 14.4 Å². The number of rotatable bonds is 7. The van der Waals surface area contributed by atoms with Crippen LogP contribution in [0.5, 0.6) is 11.6 Å². The van der Waals surface area contributed by atoms with E-state index in [2.05, 4.69) is 10.1 Å². The Morgan fingerprint density at radius 1 is 1.03 bits per heavy atom. The summed E-state index contributed by atoms with van der Waals surface area (Å²) in [5, 5.41) is 4.75. The zero-order valence-electron chi connectivity index (χ0n) is 18.6. The molecule has 2 aromatic carbocycles. The lowest BCUT2D eigenvalue weighted by Crippen LogP contribution is -2.09. The number of ether oxygens (including phenoxy) is 2. The summed E-state index contributed by atoms with van der Waals surface area (Å²) in [5.74, 6) is 1.42. The molecule has 0 radical (unpaired) electrons. The number of aromatic nitrogens is 5. The van der Waals surface area contributed by atoms with Gasteiger partial charge in [0.25, 0.3) is 0 Å². The van der Waals surface area contributed by atoms with Crippen LogP contribution in [-0.4, -0.2) is 31.4 Å². The van der Waals surface area contributed by atoms with Crippen LogP contribution in [0, 0.1) is 5.82 Å². The van der Waals surface area contributed by atoms with E-state index in [0.717, 1.165) is 22.2 Å². The number of fused-ring (bicyclic) bond motifs is 1. The topological polar surface area (TPSA) is 67.0 Å². The fourth-order valence-corrected chi connectivity index (χ4v) is 3.94. The number of nitrogens with zero attached hydrogens (tertiary/aromatic N) is 5. The molecule has 3 heterocycles. The monoisotopic (exact) mass is 477 g/mol. The van der Waals surface area contributed by atoms with Gasteiger partial charge in [-0.3, -0.25) is 4.68 Å². The zero-order chi connectivity index (χ0) is 23.7. The molecule has 0 spiro atoms. The third-order valence-corrected chi connectivity index (χ3v) is 5.86. The molecule has 0 fully saturated rings. The summed E-state index contributed by atoms with van der Waals surface area (Å²) in [4.78, 5) is 8.95. The number of halogens is 2. The quantitative estimate of drug-likeness (QED) is 0.320. The molecule has 5 aromatic rings. The van der Waals surface area contributed by atoms with Crippen molar-refractivity contribution in [2.45, 2.75) is 13.2 Å². The van der Waals surface area contributed by atoms with Crippen LogP contribution < -0.4 is 9.47 Å². The summed E-state index contributed by atoms with van der Waals surface area (Å²) in [6.45, 7) is 0.529. The molecule has 172 valence electrons. The van der Waals surface area contributed by atoms with E-state index in [1.807, 2.05) is 42.2 Å². The SMILES string of the molecule is COc1ccc(OCc2nc3ccc(-c4cnn(C)c4)cc3n2Cc2cc(F)ccc2Cl)cn1. The second-order valence-electron chi connectivity index (χ2n) is 7.78. The predicted molar refractivity (Wildman–Crippen MR) is 128 cm³/mol. The van der Waals surface area contributed by atoms with Crippen molar-refractivity contribution < 1.29 is 13.9 Å². The van der Waals surface area contributed by atoms with Crippen LogP contribution in [0.1, 0.15) is 11.4 Å². The largest absolute Gasteiger partial charge is 0.484 e. The molecule has 3 aromatic heterocycles. The predicted octanol–water partition coefficient (Wildman–Crippen LogP) is 5.26. The first-order valence-corrected chi connectivity index (χ1v) is 10.9. The van der Waals surface area contributed by atoms with Gasteiger partial charge in [0.2, 0.25) is 5.88 Å². The van der Waals surface area contributed by atoms with E-state index < -0.39 is 0 Å². The highest BCUT2D eigenvalue weighted by atomic mass is 35.5. The van der Waals surface area contributed by atoms with Crippen LogP contribution in [-0.2, 0) is 20.2 Å². The van der Waals surface area contributed by atoms with Crippen LogP contribution in [0.25, 0.3) is 22.2 Å². The van der Waals surface area contributed by atoms with Crippen molar-refractivity contribution in [3.05, 3.63) is 89.3 Å². The Hall–Kier alpha value is -3.91. The number of methoxy groups -OCH3 is 1. The van der Waals surface area contributed by atoms with Crippen molar-refractivity contribution in [1.82, 2.24) is 24.3 Å². The molecule has 0 aliphatic carbocycles. The number of benzene rings is 2. The Bertz CT molecular complexity index is 1460. The Labute approximate surface area is 200 Å². The molecule has 0 unspecified atom stereocenters. The molecule has 0 aliphatic rings. The van der Waals surface area contributed by atoms with Crippen molar-refractivity contribution in [3.8, 4) is 22.8 Å². The van der Waals surface area contributed by atoms with E-state index in [4.69, 9.17) is 26.1 Å². The van der Waals surface area contributed by atoms with E-state index in [9.17, 15) is 4.39 Å². The van der Waals surface area contributed by atoms with Gasteiger partial charge in [-0.2, -0.15) is 5.10 Å². The Balaban J connectivity index is 1.55. The molecule has 0 aliphatic heterocycles. The van der Waals surface area contributed by atoms with Gasteiger partial charge < -0.3 is 14.0 Å². The van der Waals surface area contributed by atoms with Gasteiger partial charge in [-0.1, -0.05) is 17.7 Å². The van der Waals surface area contributed by atoms with Crippen LogP contribution in [0.15, 0.2) is 67.1 Å². The van der Waals surface area contributed by atoms with Gasteiger partial charge in [-0.15, -0.1) is 0 Å². The maximum absolute atomic E-state index is 14.0. The van der Waals surface area contributed by atoms with Gasteiger partial charge in [0.1, 0.15) is 24.0 Å². The van der Waals surface area contributed by atoms with E-state index in [-0.39, 0.29) is 12.4 Å². The van der Waals surface area contributed by atoms with Gasteiger partial charge in [0.05, 0.1) is 37.1 Å². The maximum Gasteiger partial charge on any atom is 0.213 e. The Morgan fingerprint density at radius 2 is 1.91 bits per heavy atom. The lowest BCUT2D eigenvalue weighted by atomic mass is 10.1. The molecular weight excluding hydrogens is 457 g/mol. The van der Waals surface area contributed by atoms with E-state index in [1.165, 1.54) is 12.1 Å². The molecule has 0 atom stereocenters. The fraction of sp³-hybridized carbons (Fsp3) is 0.160. The molecule has 0 bridgehead atoms. The van der Waals surface area contributed by atoms with Crippen LogP contribution >= 0.6 is 11.6 Å². The maximum atomic E-state index is 14.0. The smallest absolute Gasteiger partial charge is 0.213 e. The fourth-order valence-electron chi connectivity index (χ4n) is 3.76. The highest BCUT2D eigenvalue weighted by molar-refractivity contribution is 6.31. The van der Waals surface area contributed by atoms with Crippen LogP contribution in [0.3, 0.4) is 0 Å². The standard InChI is InChI=1S/C25H21ClFN5O2/c1-31-13-18(11-29-31)16-3-7-22-23(10-16)32(14-17-9-19(27)4-6-21(17)26)24(30-22)15-34-20-5-8-25(33-2)28-12-20/h3-13H,14-15H2,1-2H3. The number of imidazole rings is 1. The molecular formula is C25H21ClFN5O2. The molecule has 0 saturated heterocycles. The van der Waals surface area contributed by atoms with Crippen molar-refractivity contribution in [2.24, 2.45) is 7.05 Å². The summed E-state index contributed by atoms with van der Waals surface area (Å²) in [5.41, 5.74) is 4.32. The summed E-state index contributed by atoms with van der Waals surface area (Å²) < 4.78 is 28.8. The summed E-state index contributed by atoms with van der Waals surface area (Å²) in [7, 11) is 3.43. The summed E-state index contributed by atoms with van der Waals surface area (Å²) >= 11 is 6.39. The molecule has 0 amide bonds. The van der Waals surface area contributed by atoms with Crippen molar-refractivity contribution in [3.63, 3.8) is 0 Å². The lowest BCUT2D eigenvalue weighted by Gasteiger charge is -2.12. The molecule has 0 saturated carbocycles. The first kappa shape index (κ1) is 21.9. The van der Waals surface area contributed by atoms with Gasteiger partial charge in [0, 0.05) is 29.9 Å². The second-order valence-corrected chi connectivity index (χ2v) is 8.19. The third-order valence-electron chi connectivity index (χ3n) is 5.49. The van der Waals surface area contributed by atoms with Gasteiger partial charge >= 0.3 is 0 Å². The lowest BCUT2D eigenvalue weighted by molar-refractivity contribution is 0.289. The average molecular weight is 478 g/mol. The van der Waals surface area contributed by atoms with Crippen molar-refractivity contribution >= 4 is 22.6 Å². The van der Waals surface area contributed by atoms with Gasteiger partial charge in [0.15, 0.2) is 0 Å². The second kappa shape index (κ2) is 9.15. The van der Waals surface area contributed by atoms with Crippen LogP contribution in [0.4, 0.5) is 4.39 Å². The highest BCUT2D eigenvalue weighted by Gasteiger charge is 2.15. The number of hydrogen-bond donors (Lipinski definition) is 0. The Morgan fingerprint density at radius 3 is 2.65 bits per heavy atom. The average Bonchev–Trinajstić information content (AvgIpc) is 3.43. The van der Waals surface area contributed by atoms with E-state index in [0.29, 0.717) is 34.6 Å². The van der Waals surface area contributed by atoms with Gasteiger partial charge in [-0.05, 0) is 47.5 Å². The van der Waals surface area contributed by atoms with Crippen molar-refractivity contribution in [1.29, 1.82) is 0 Å². The molecule has 34 heavy (non-hydrogen) atoms. The normalized spacial score (nSPS) is 11.2. The summed E-state index contributed by atoms with van der Waals surface area (Å²) in [6.07, 6.45) is 5.35. The highest BCUT2D eigenvalue weighted by Crippen LogP contribution is 2.28. The minimum absolute atomic E-state index is 0.192. The minimum atomic E-state index is -0.345. The first-order valence-electron chi connectivity index (χ1n) is 10.5. The molecule has 9 heteroatoms. The molecule has 5 rings (SSSR count). The van der Waals surface area contributed by atoms with Crippen LogP contribution in [0.2, 0.25) is 5.02 Å². The Kier molecular flexibility index (Phi) is 5.90. The summed E-state index contributed by atoms with van der Waals surface area (Å²) in [6, 6.07) is 13.9. The van der Waals surface area contributed by atoms with E-state index in [1.54, 1.807) is 36.2 Å². The zero-order valence-corrected chi connectivity index (χ0v) is 19.3. The number of aryl methyl sites for hydroxylation is 1. The number of hydrogen-bond acceptors (Lipinski definition) is 5. The number of pyridine rings is 1. The molecule has 0 N–H and O–H groups in total. The molecule has 7 nitrogen and oxygen atoms in total. The first-order chi connectivity index (χ1) is 16.5. The van der Waals surface area contributed by atoms with Crippen molar-refractivity contribution in [2.75, 3.05) is 7.11 Å².